The first-order valence-electron chi connectivity index (χ1n) is 4.18. The molecule has 1 aliphatic rings. The molecule has 1 N–H and O–H groups in total. The smallest absolute Gasteiger partial charge is 0.0959 e. The van der Waals surface area contributed by atoms with Crippen LogP contribution in [0.1, 0.15) is 12.5 Å². The van der Waals surface area contributed by atoms with Crippen LogP contribution >= 0.6 is 34.8 Å². The van der Waals surface area contributed by atoms with Gasteiger partial charge in [0, 0.05) is 5.69 Å². The van der Waals surface area contributed by atoms with E-state index in [2.05, 4.69) is 53.0 Å². The van der Waals surface area contributed by atoms with E-state index < -0.39 is 0 Å². The molecule has 1 aliphatic heterocycles. The molecule has 0 bridgehead atoms. The summed E-state index contributed by atoms with van der Waals surface area (Å²) in [4.78, 5) is 0.937. The third kappa shape index (κ3) is 1.72. The molecule has 0 amide bonds. The third-order valence-electron chi connectivity index (χ3n) is 2.26. The highest BCUT2D eigenvalue weighted by molar-refractivity contribution is 14.1. The van der Waals surface area contributed by atoms with Crippen LogP contribution in [0.4, 0.5) is 5.69 Å². The van der Waals surface area contributed by atoms with Crippen LogP contribution in [-0.4, -0.2) is 8.41 Å². The van der Waals surface area contributed by atoms with Crippen molar-refractivity contribution in [3.8, 4) is 0 Å². The van der Waals surface area contributed by atoms with Crippen molar-refractivity contribution in [3.05, 3.63) is 29.8 Å². The summed E-state index contributed by atoms with van der Waals surface area (Å²) in [5.74, 6) is 0. The molecule has 1 aromatic rings. The molecule has 68 valence electrons. The Morgan fingerprint density at radius 1 is 1.46 bits per heavy atom. The van der Waals surface area contributed by atoms with Crippen LogP contribution in [0.25, 0.3) is 0 Å². The standard InChI is InChI=1S/C10H10INS/c1-10(11)6-7-4-2-3-5-8(7)12-9(10)13/h2-5H,6H2,1H3,(H,12,13). The maximum absolute atomic E-state index is 5.30. The predicted molar refractivity (Wildman–Crippen MR) is 68.8 cm³/mol. The lowest BCUT2D eigenvalue weighted by atomic mass is 9.95. The fourth-order valence-corrected chi connectivity index (χ4v) is 2.21. The average molecular weight is 303 g/mol. The Kier molecular flexibility index (Phi) is 2.32. The Balaban J connectivity index is 2.44. The lowest BCUT2D eigenvalue weighted by molar-refractivity contribution is 0.856. The number of halogens is 1. The van der Waals surface area contributed by atoms with Crippen molar-refractivity contribution in [1.82, 2.24) is 0 Å². The van der Waals surface area contributed by atoms with Gasteiger partial charge < -0.3 is 5.32 Å². The Hall–Kier alpha value is -0.160. The first kappa shape index (κ1) is 9.40. The van der Waals surface area contributed by atoms with Crippen LogP contribution in [0.15, 0.2) is 24.3 Å². The third-order valence-corrected chi connectivity index (χ3v) is 4.10. The van der Waals surface area contributed by atoms with E-state index in [-0.39, 0.29) is 3.42 Å². The molecule has 0 saturated heterocycles. The predicted octanol–water partition coefficient (Wildman–Crippen LogP) is 3.18. The van der Waals surface area contributed by atoms with Gasteiger partial charge in [0.15, 0.2) is 0 Å². The summed E-state index contributed by atoms with van der Waals surface area (Å²) in [6.07, 6.45) is 1.02. The Morgan fingerprint density at radius 3 is 2.92 bits per heavy atom. The summed E-state index contributed by atoms with van der Waals surface area (Å²) in [6.45, 7) is 2.17. The van der Waals surface area contributed by atoms with Crippen LogP contribution in [-0.2, 0) is 6.42 Å². The molecular formula is C10H10INS. The van der Waals surface area contributed by atoms with E-state index in [0.717, 1.165) is 11.4 Å². The molecule has 1 unspecified atom stereocenters. The Bertz CT molecular complexity index is 360. The zero-order chi connectivity index (χ0) is 9.47. The zero-order valence-electron chi connectivity index (χ0n) is 7.30. The van der Waals surface area contributed by atoms with Crippen LogP contribution in [0.3, 0.4) is 0 Å². The van der Waals surface area contributed by atoms with Gasteiger partial charge in [0.2, 0.25) is 0 Å². The number of benzene rings is 1. The van der Waals surface area contributed by atoms with Gasteiger partial charge in [-0.3, -0.25) is 0 Å². The zero-order valence-corrected chi connectivity index (χ0v) is 10.3. The number of rotatable bonds is 0. The molecule has 1 atom stereocenters. The summed E-state index contributed by atoms with van der Waals surface area (Å²) in [5.41, 5.74) is 2.52. The second-order valence-electron chi connectivity index (χ2n) is 3.49. The molecule has 1 aromatic carbocycles. The summed E-state index contributed by atoms with van der Waals surface area (Å²) >= 11 is 7.71. The van der Waals surface area contributed by atoms with Gasteiger partial charge in [0.25, 0.3) is 0 Å². The number of hydrogen-bond acceptors (Lipinski definition) is 1. The van der Waals surface area contributed by atoms with Gasteiger partial charge >= 0.3 is 0 Å². The highest BCUT2D eigenvalue weighted by Crippen LogP contribution is 2.34. The minimum Gasteiger partial charge on any atom is -0.349 e. The first-order valence-corrected chi connectivity index (χ1v) is 5.66. The number of fused-ring (bicyclic) bond motifs is 1. The van der Waals surface area contributed by atoms with Gasteiger partial charge in [0.1, 0.15) is 0 Å². The topological polar surface area (TPSA) is 12.0 Å². The molecule has 0 aliphatic carbocycles. The van der Waals surface area contributed by atoms with E-state index >= 15 is 0 Å². The Labute approximate surface area is 97.1 Å². The summed E-state index contributed by atoms with van der Waals surface area (Å²) in [6, 6.07) is 8.33. The number of para-hydroxylation sites is 1. The summed E-state index contributed by atoms with van der Waals surface area (Å²) in [7, 11) is 0. The molecule has 1 nitrogen and oxygen atoms in total. The molecule has 1 heterocycles. The van der Waals surface area contributed by atoms with Crippen molar-refractivity contribution in [3.63, 3.8) is 0 Å². The van der Waals surface area contributed by atoms with Gasteiger partial charge in [-0.05, 0) is 25.0 Å². The highest BCUT2D eigenvalue weighted by Gasteiger charge is 2.31. The number of hydrogen-bond donors (Lipinski definition) is 1. The van der Waals surface area contributed by atoms with Crippen molar-refractivity contribution in [2.45, 2.75) is 16.8 Å². The van der Waals surface area contributed by atoms with Crippen molar-refractivity contribution in [2.24, 2.45) is 0 Å². The van der Waals surface area contributed by atoms with E-state index in [4.69, 9.17) is 12.2 Å². The molecule has 0 fully saturated rings. The van der Waals surface area contributed by atoms with Gasteiger partial charge in [-0.15, -0.1) is 0 Å². The van der Waals surface area contributed by atoms with E-state index in [9.17, 15) is 0 Å². The molecule has 3 heteroatoms. The van der Waals surface area contributed by atoms with Crippen LogP contribution in [0.5, 0.6) is 0 Å². The van der Waals surface area contributed by atoms with Gasteiger partial charge in [0.05, 0.1) is 8.41 Å². The highest BCUT2D eigenvalue weighted by atomic mass is 127. The number of anilines is 1. The second kappa shape index (κ2) is 3.20. The molecular weight excluding hydrogens is 293 g/mol. The lowest BCUT2D eigenvalue weighted by Crippen LogP contribution is -2.38. The van der Waals surface area contributed by atoms with Crippen molar-refractivity contribution >= 4 is 45.5 Å². The van der Waals surface area contributed by atoms with Crippen molar-refractivity contribution in [1.29, 1.82) is 0 Å². The molecule has 2 rings (SSSR count). The quantitative estimate of drug-likeness (QED) is 0.449. The van der Waals surface area contributed by atoms with E-state index in [0.29, 0.717) is 0 Å². The molecule has 13 heavy (non-hydrogen) atoms. The molecule has 0 saturated carbocycles. The minimum absolute atomic E-state index is 0.0709. The van der Waals surface area contributed by atoms with Crippen LogP contribution in [0, 0.1) is 0 Å². The minimum atomic E-state index is 0.0709. The van der Waals surface area contributed by atoms with Gasteiger partial charge in [-0.25, -0.2) is 0 Å². The molecule has 0 spiro atoms. The van der Waals surface area contributed by atoms with Crippen LogP contribution < -0.4 is 5.32 Å². The van der Waals surface area contributed by atoms with Gasteiger partial charge in [-0.1, -0.05) is 53.0 Å². The number of alkyl halides is 1. The van der Waals surface area contributed by atoms with Gasteiger partial charge in [-0.2, -0.15) is 0 Å². The Morgan fingerprint density at radius 2 is 2.15 bits per heavy atom. The summed E-state index contributed by atoms with van der Waals surface area (Å²) in [5, 5.41) is 3.27. The maximum atomic E-state index is 5.30. The van der Waals surface area contributed by atoms with E-state index in [1.54, 1.807) is 0 Å². The monoisotopic (exact) mass is 303 g/mol. The van der Waals surface area contributed by atoms with Crippen LogP contribution in [0.2, 0.25) is 0 Å². The fourth-order valence-electron chi connectivity index (χ4n) is 1.49. The number of nitrogens with one attached hydrogen (secondary N) is 1. The van der Waals surface area contributed by atoms with E-state index in [1.165, 1.54) is 11.3 Å². The number of thiocarbonyl (C=S) groups is 1. The van der Waals surface area contributed by atoms with E-state index in [1.807, 2.05) is 6.07 Å². The maximum Gasteiger partial charge on any atom is 0.0959 e. The molecule has 0 aromatic heterocycles. The second-order valence-corrected chi connectivity index (χ2v) is 6.27. The largest absolute Gasteiger partial charge is 0.349 e. The first-order chi connectivity index (χ1) is 6.09. The lowest BCUT2D eigenvalue weighted by Gasteiger charge is -2.31. The molecule has 0 radical (unpaired) electrons. The summed E-state index contributed by atoms with van der Waals surface area (Å²) < 4.78 is 0.0709. The fraction of sp³-hybridized carbons (Fsp3) is 0.300. The van der Waals surface area contributed by atoms with Crippen molar-refractivity contribution in [2.75, 3.05) is 5.32 Å². The average Bonchev–Trinajstić information content (AvgIpc) is 2.06. The normalized spacial score (nSPS) is 26.5. The van der Waals surface area contributed by atoms with Crippen molar-refractivity contribution < 1.29 is 0 Å². The SMILES string of the molecule is CC1(I)Cc2ccccc2NC1=S.